The Balaban J connectivity index is 2.32. The number of carbonyl (C=O) groups excluding carboxylic acids is 3. The Morgan fingerprint density at radius 2 is 1.86 bits per heavy atom. The number of aliphatic hydroxyl groups excluding tert-OH is 1. The first-order valence-corrected chi connectivity index (χ1v) is 6.81. The van der Waals surface area contributed by atoms with Crippen molar-refractivity contribution in [2.45, 2.75) is 37.5 Å². The minimum atomic E-state index is -1.63. The molecule has 1 saturated heterocycles. The van der Waals surface area contributed by atoms with Crippen molar-refractivity contribution in [1.29, 1.82) is 0 Å². The van der Waals surface area contributed by atoms with E-state index in [2.05, 4.69) is 0 Å². The zero-order valence-electron chi connectivity index (χ0n) is 11.4. The topological polar surface area (TPSA) is 162 Å². The Hall–Kier alpha value is -1.71. The zero-order chi connectivity index (χ0) is 16.0. The highest BCUT2D eigenvalue weighted by Crippen LogP contribution is 1.94. The van der Waals surface area contributed by atoms with Crippen molar-refractivity contribution in [3.63, 3.8) is 0 Å². The molecule has 1 aliphatic heterocycles. The van der Waals surface area contributed by atoms with Crippen molar-refractivity contribution >= 4 is 17.9 Å². The number of hydrogen-bond donors (Lipinski definition) is 3. The van der Waals surface area contributed by atoms with Gasteiger partial charge in [-0.15, -0.1) is 0 Å². The molecule has 1 fully saturated rings. The van der Waals surface area contributed by atoms with Crippen LogP contribution in [0.4, 0.5) is 0 Å². The predicted molar refractivity (Wildman–Crippen MR) is 59.9 cm³/mol. The average molecular weight is 303 g/mol. The van der Waals surface area contributed by atoms with Crippen LogP contribution in [0, 0.1) is 0 Å². The van der Waals surface area contributed by atoms with Gasteiger partial charge in [0.15, 0.2) is 0 Å². The van der Waals surface area contributed by atoms with E-state index in [1.165, 1.54) is 5.32 Å². The summed E-state index contributed by atoms with van der Waals surface area (Å²) in [5.41, 5.74) is 0. The van der Waals surface area contributed by atoms with Crippen molar-refractivity contribution in [2.75, 3.05) is 19.6 Å². The van der Waals surface area contributed by atoms with Gasteiger partial charge < -0.3 is 45.0 Å². The number of rotatable bonds is 10. The highest BCUT2D eigenvalue weighted by molar-refractivity contribution is 5.70. The maximum atomic E-state index is 11.0. The molecule has 2 unspecified atom stereocenters. The van der Waals surface area contributed by atoms with Crippen LogP contribution in [0.15, 0.2) is 0 Å². The van der Waals surface area contributed by atoms with E-state index in [0.717, 1.165) is 4.90 Å². The van der Waals surface area contributed by atoms with Crippen LogP contribution in [-0.4, -0.2) is 60.8 Å². The van der Waals surface area contributed by atoms with Gasteiger partial charge in [-0.3, -0.25) is 0 Å². The number of nitrogens with two attached hydrogens (primary N) is 1. The Labute approximate surface area is 121 Å². The van der Waals surface area contributed by atoms with Gasteiger partial charge in [-0.1, -0.05) is 0 Å². The van der Waals surface area contributed by atoms with Gasteiger partial charge in [0.2, 0.25) is 0 Å². The maximum Gasteiger partial charge on any atom is 0.133 e. The normalized spacial score (nSPS) is 23.9. The first-order valence-electron chi connectivity index (χ1n) is 6.81. The number of aliphatic carboxylic acids is 3. The molecule has 9 nitrogen and oxygen atoms in total. The number of nitrogens with one attached hydrogen (secondary N) is 1. The molecule has 1 aliphatic rings. The molecule has 0 aromatic heterocycles. The maximum absolute atomic E-state index is 11.0. The Morgan fingerprint density at radius 3 is 2.29 bits per heavy atom. The molecule has 21 heavy (non-hydrogen) atoms. The van der Waals surface area contributed by atoms with E-state index in [0.29, 0.717) is 19.5 Å². The van der Waals surface area contributed by atoms with Gasteiger partial charge in [-0.25, -0.2) is 0 Å². The number of quaternary nitrogens is 2. The second-order valence-electron chi connectivity index (χ2n) is 5.18. The first kappa shape index (κ1) is 17.3. The molecule has 0 saturated carbocycles. The second-order valence-corrected chi connectivity index (χ2v) is 5.18. The fraction of sp³-hybridized carbons (Fsp3) is 0.750. The molecule has 1 rings (SSSR count). The molecule has 0 spiro atoms. The smallest absolute Gasteiger partial charge is 0.133 e. The molecule has 0 aliphatic carbocycles. The van der Waals surface area contributed by atoms with E-state index in [9.17, 15) is 29.7 Å². The highest BCUT2D eigenvalue weighted by Gasteiger charge is 2.34. The van der Waals surface area contributed by atoms with Crippen molar-refractivity contribution < 1.29 is 45.0 Å². The van der Waals surface area contributed by atoms with Crippen LogP contribution in [-0.2, 0) is 14.4 Å². The van der Waals surface area contributed by atoms with Crippen LogP contribution in [0.2, 0.25) is 0 Å². The molecule has 0 radical (unpaired) electrons. The molecule has 1 heterocycles. The molecule has 4 N–H and O–H groups in total. The van der Waals surface area contributed by atoms with Crippen molar-refractivity contribution in [2.24, 2.45) is 0 Å². The summed E-state index contributed by atoms with van der Waals surface area (Å²) in [6, 6.07) is -1.50. The summed E-state index contributed by atoms with van der Waals surface area (Å²) < 4.78 is 0. The van der Waals surface area contributed by atoms with Gasteiger partial charge in [0, 0.05) is 6.42 Å². The number of carboxylic acids is 3. The van der Waals surface area contributed by atoms with Gasteiger partial charge >= 0.3 is 0 Å². The number of carboxylic acid groups (broad SMARTS) is 3. The van der Waals surface area contributed by atoms with E-state index < -0.39 is 36.1 Å². The lowest BCUT2D eigenvalue weighted by Gasteiger charge is -2.38. The summed E-state index contributed by atoms with van der Waals surface area (Å²) in [6.07, 6.45) is -1.05. The van der Waals surface area contributed by atoms with E-state index in [1.807, 2.05) is 0 Å². The minimum Gasteiger partial charge on any atom is -0.547 e. The summed E-state index contributed by atoms with van der Waals surface area (Å²) >= 11 is 0. The predicted octanol–water partition coefficient (Wildman–Crippen LogP) is -8.03. The van der Waals surface area contributed by atoms with E-state index in [4.69, 9.17) is 5.11 Å². The van der Waals surface area contributed by atoms with Crippen molar-refractivity contribution in [3.05, 3.63) is 0 Å². The molecule has 0 aromatic rings. The molecule has 0 amide bonds. The Kier molecular flexibility index (Phi) is 6.53. The van der Waals surface area contributed by atoms with Gasteiger partial charge in [0.25, 0.3) is 0 Å². The minimum absolute atomic E-state index is 0.0903. The average Bonchev–Trinajstić information content (AvgIpc) is 2.34. The van der Waals surface area contributed by atoms with Crippen LogP contribution < -0.4 is 25.5 Å². The lowest BCUT2D eigenvalue weighted by atomic mass is 10.0. The van der Waals surface area contributed by atoms with Gasteiger partial charge in [0.1, 0.15) is 12.1 Å². The summed E-state index contributed by atoms with van der Waals surface area (Å²) in [7, 11) is 0. The molecule has 9 heteroatoms. The first-order chi connectivity index (χ1) is 9.82. The molecule has 120 valence electrons. The highest BCUT2D eigenvalue weighted by atomic mass is 16.4. The number of hydrogen-bond acceptors (Lipinski definition) is 7. The summed E-state index contributed by atoms with van der Waals surface area (Å²) in [5, 5.41) is 42.4. The largest absolute Gasteiger partial charge is 0.547 e. The van der Waals surface area contributed by atoms with Gasteiger partial charge in [-0.05, 0) is 0 Å². The molecule has 4 atom stereocenters. The van der Waals surface area contributed by atoms with Crippen molar-refractivity contribution in [3.8, 4) is 0 Å². The fourth-order valence-electron chi connectivity index (χ4n) is 2.32. The molecule has 0 aromatic carbocycles. The number of carbonyl (C=O) groups is 3. The summed E-state index contributed by atoms with van der Waals surface area (Å²) in [6.45, 7) is 1.10. The number of likely N-dealkylation sites (tertiary alicyclic amines) is 1. The van der Waals surface area contributed by atoms with Crippen LogP contribution in [0.3, 0.4) is 0 Å². The lowest BCUT2D eigenvalue weighted by molar-refractivity contribution is -0.960. The third-order valence-electron chi connectivity index (χ3n) is 3.77. The standard InChI is InChI=1S/C12H20N2O7/c15-9(12(20)21)1-4-13-7(10(16)17)2-5-14-6-3-8(14)11(18)19/h7-9,13,15H,1-6H2,(H,16,17)(H,18,19)(H,20,21)/p-1/t7-,8-,9?/m0/s1. The monoisotopic (exact) mass is 303 g/mol. The quantitative estimate of drug-likeness (QED) is 0.361. The Bertz CT molecular complexity index is 401. The summed E-state index contributed by atoms with van der Waals surface area (Å²) in [4.78, 5) is 32.8. The van der Waals surface area contributed by atoms with Gasteiger partial charge in [-0.2, -0.15) is 0 Å². The fourth-order valence-corrected chi connectivity index (χ4v) is 2.32. The van der Waals surface area contributed by atoms with E-state index >= 15 is 0 Å². The van der Waals surface area contributed by atoms with Crippen LogP contribution in [0.5, 0.6) is 0 Å². The van der Waals surface area contributed by atoms with Crippen LogP contribution in [0.1, 0.15) is 19.3 Å². The summed E-state index contributed by atoms with van der Waals surface area (Å²) in [5.74, 6) is -4.04. The number of aliphatic hydroxyl groups is 1. The zero-order valence-corrected chi connectivity index (χ0v) is 11.4. The SMILES string of the molecule is O=C([O-])C(O)CC[NH2+][C@@H](CC[NH+]1CC[C@H]1C(=O)[O-])C(=O)[O-]. The van der Waals surface area contributed by atoms with Gasteiger partial charge in [0.05, 0.1) is 56.5 Å². The molecular formula is C12H19N2O7-. The van der Waals surface area contributed by atoms with E-state index in [-0.39, 0.29) is 19.4 Å². The van der Waals surface area contributed by atoms with Crippen molar-refractivity contribution in [1.82, 2.24) is 0 Å². The Morgan fingerprint density at radius 1 is 1.19 bits per heavy atom. The molecular weight excluding hydrogens is 284 g/mol. The third kappa shape index (κ3) is 5.29. The second kappa shape index (κ2) is 7.91. The third-order valence-corrected chi connectivity index (χ3v) is 3.77. The van der Waals surface area contributed by atoms with Crippen LogP contribution in [0.25, 0.3) is 0 Å². The molecule has 0 bridgehead atoms. The lowest BCUT2D eigenvalue weighted by Crippen LogP contribution is -3.23. The van der Waals surface area contributed by atoms with Crippen LogP contribution >= 0.6 is 0 Å². The van der Waals surface area contributed by atoms with E-state index in [1.54, 1.807) is 0 Å².